The Morgan fingerprint density at radius 2 is 2.33 bits per heavy atom. The Hall–Kier alpha value is -0.650. The van der Waals surface area contributed by atoms with E-state index in [1.165, 1.54) is 0 Å². The molecular weight excluding hydrogens is 200 g/mol. The second kappa shape index (κ2) is 4.92. The summed E-state index contributed by atoms with van der Waals surface area (Å²) >= 11 is 0. The van der Waals surface area contributed by atoms with Gasteiger partial charge < -0.3 is 19.3 Å². The number of carbonyl (C=O) groups excluding carboxylic acids is 1. The Labute approximate surface area is 88.3 Å². The zero-order valence-electron chi connectivity index (χ0n) is 8.55. The Morgan fingerprint density at radius 1 is 1.47 bits per heavy atom. The van der Waals surface area contributed by atoms with Crippen molar-refractivity contribution >= 4 is 5.97 Å². The van der Waals surface area contributed by atoms with Crippen molar-refractivity contribution in [3.63, 3.8) is 0 Å². The molecule has 0 radical (unpaired) electrons. The first-order valence-electron chi connectivity index (χ1n) is 5.36. The largest absolute Gasteiger partial charge is 0.463 e. The number of hydrogen-bond acceptors (Lipinski definition) is 5. The zero-order valence-corrected chi connectivity index (χ0v) is 8.55. The molecule has 0 saturated carbocycles. The highest BCUT2D eigenvalue weighted by atomic mass is 16.7. The van der Waals surface area contributed by atoms with Crippen LogP contribution in [0, 0.1) is 5.92 Å². The van der Waals surface area contributed by atoms with Crippen molar-refractivity contribution in [2.45, 2.75) is 31.7 Å². The van der Waals surface area contributed by atoms with Gasteiger partial charge in [0.25, 0.3) is 0 Å². The lowest BCUT2D eigenvalue weighted by Crippen LogP contribution is -2.35. The molecule has 2 heterocycles. The van der Waals surface area contributed by atoms with E-state index in [1.807, 2.05) is 0 Å². The monoisotopic (exact) mass is 216 g/mol. The minimum atomic E-state index is -0.655. The first-order chi connectivity index (χ1) is 7.31. The third kappa shape index (κ3) is 2.48. The first-order valence-corrected chi connectivity index (χ1v) is 5.36. The second-order valence-corrected chi connectivity index (χ2v) is 3.93. The Bertz CT molecular complexity index is 224. The minimum absolute atomic E-state index is 0.0941. The van der Waals surface area contributed by atoms with E-state index < -0.39 is 6.10 Å². The maximum atomic E-state index is 11.3. The molecule has 1 unspecified atom stereocenters. The van der Waals surface area contributed by atoms with E-state index in [9.17, 15) is 4.79 Å². The van der Waals surface area contributed by atoms with Crippen LogP contribution in [-0.4, -0.2) is 43.3 Å². The Morgan fingerprint density at radius 3 is 3.00 bits per heavy atom. The highest BCUT2D eigenvalue weighted by molar-refractivity contribution is 5.77. The number of ether oxygens (including phenoxy) is 3. The summed E-state index contributed by atoms with van der Waals surface area (Å²) in [6, 6.07) is 0. The summed E-state index contributed by atoms with van der Waals surface area (Å²) in [6.07, 6.45) is 1.93. The molecule has 3 atom stereocenters. The van der Waals surface area contributed by atoms with E-state index in [1.54, 1.807) is 0 Å². The molecule has 0 aromatic carbocycles. The van der Waals surface area contributed by atoms with Crippen LogP contribution in [0.4, 0.5) is 0 Å². The summed E-state index contributed by atoms with van der Waals surface area (Å²) in [6.45, 7) is 0.825. The highest BCUT2D eigenvalue weighted by Gasteiger charge is 2.39. The summed E-state index contributed by atoms with van der Waals surface area (Å²) < 4.78 is 15.7. The number of aliphatic hydroxyl groups excluding tert-OH is 1. The fourth-order valence-electron chi connectivity index (χ4n) is 1.85. The van der Waals surface area contributed by atoms with Gasteiger partial charge in [-0.1, -0.05) is 0 Å². The number of esters is 1. The van der Waals surface area contributed by atoms with Crippen LogP contribution < -0.4 is 0 Å². The maximum Gasteiger partial charge on any atom is 0.335 e. The van der Waals surface area contributed by atoms with Crippen LogP contribution in [0.3, 0.4) is 0 Å². The van der Waals surface area contributed by atoms with Gasteiger partial charge in [0, 0.05) is 6.61 Å². The molecule has 2 fully saturated rings. The third-order valence-electron chi connectivity index (χ3n) is 2.77. The number of rotatable bonds is 3. The van der Waals surface area contributed by atoms with E-state index in [0.29, 0.717) is 6.61 Å². The van der Waals surface area contributed by atoms with Crippen LogP contribution >= 0.6 is 0 Å². The van der Waals surface area contributed by atoms with Crippen LogP contribution in [-0.2, 0) is 19.0 Å². The highest BCUT2D eigenvalue weighted by Crippen LogP contribution is 2.23. The molecule has 5 nitrogen and oxygen atoms in total. The van der Waals surface area contributed by atoms with Gasteiger partial charge >= 0.3 is 5.97 Å². The molecule has 0 aromatic heterocycles. The van der Waals surface area contributed by atoms with Gasteiger partial charge in [-0.15, -0.1) is 0 Å². The maximum absolute atomic E-state index is 11.3. The van der Waals surface area contributed by atoms with Gasteiger partial charge in [-0.05, 0) is 19.3 Å². The quantitative estimate of drug-likeness (QED) is 0.676. The van der Waals surface area contributed by atoms with Crippen LogP contribution in [0.15, 0.2) is 0 Å². The smallest absolute Gasteiger partial charge is 0.335 e. The molecule has 0 aliphatic carbocycles. The van der Waals surface area contributed by atoms with Crippen LogP contribution in [0.5, 0.6) is 0 Å². The van der Waals surface area contributed by atoms with Gasteiger partial charge in [0.1, 0.15) is 0 Å². The molecule has 1 N–H and O–H groups in total. The van der Waals surface area contributed by atoms with Crippen molar-refractivity contribution in [3.8, 4) is 0 Å². The predicted octanol–water partition coefficient (Wildman–Crippen LogP) is 0.0635. The summed E-state index contributed by atoms with van der Waals surface area (Å²) in [5, 5.41) is 9.03. The minimum Gasteiger partial charge on any atom is -0.463 e. The fraction of sp³-hybridized carbons (Fsp3) is 0.900. The number of aliphatic hydroxyl groups is 1. The van der Waals surface area contributed by atoms with Crippen molar-refractivity contribution in [1.82, 2.24) is 0 Å². The van der Waals surface area contributed by atoms with Gasteiger partial charge in [-0.3, -0.25) is 0 Å². The molecule has 86 valence electrons. The molecule has 0 bridgehead atoms. The lowest BCUT2D eigenvalue weighted by molar-refractivity contribution is -0.199. The lowest BCUT2D eigenvalue weighted by atomic mass is 10.1. The normalized spacial score (nSPS) is 36.6. The van der Waals surface area contributed by atoms with E-state index in [4.69, 9.17) is 19.3 Å². The molecule has 2 saturated heterocycles. The molecular formula is C10H16O5. The van der Waals surface area contributed by atoms with Gasteiger partial charge in [0.2, 0.25) is 0 Å². The molecule has 15 heavy (non-hydrogen) atoms. The van der Waals surface area contributed by atoms with Crippen LogP contribution in [0.25, 0.3) is 0 Å². The van der Waals surface area contributed by atoms with Crippen molar-refractivity contribution < 1.29 is 24.1 Å². The van der Waals surface area contributed by atoms with Gasteiger partial charge in [-0.25, -0.2) is 4.79 Å². The molecule has 2 rings (SSSR count). The van der Waals surface area contributed by atoms with Gasteiger partial charge in [0.15, 0.2) is 12.4 Å². The van der Waals surface area contributed by atoms with Crippen LogP contribution in [0.2, 0.25) is 0 Å². The third-order valence-corrected chi connectivity index (χ3v) is 2.77. The molecule has 0 spiro atoms. The lowest BCUT2D eigenvalue weighted by Gasteiger charge is -2.25. The van der Waals surface area contributed by atoms with E-state index >= 15 is 0 Å². The molecule has 2 aliphatic heterocycles. The van der Waals surface area contributed by atoms with Gasteiger partial charge in [-0.2, -0.15) is 0 Å². The summed E-state index contributed by atoms with van der Waals surface area (Å²) in [4.78, 5) is 11.3. The number of cyclic esters (lactones) is 1. The summed E-state index contributed by atoms with van der Waals surface area (Å²) in [5.41, 5.74) is 0. The van der Waals surface area contributed by atoms with E-state index in [0.717, 1.165) is 19.3 Å². The molecule has 5 heteroatoms. The predicted molar refractivity (Wildman–Crippen MR) is 50.0 cm³/mol. The van der Waals surface area contributed by atoms with E-state index in [-0.39, 0.29) is 31.4 Å². The van der Waals surface area contributed by atoms with Crippen molar-refractivity contribution in [2.24, 2.45) is 5.92 Å². The summed E-state index contributed by atoms with van der Waals surface area (Å²) in [7, 11) is 0. The SMILES string of the molecule is O=C1OC[C@H](CO)[C@@H]1OC1CCCCO1. The zero-order chi connectivity index (χ0) is 10.7. The average molecular weight is 216 g/mol. The van der Waals surface area contributed by atoms with Crippen molar-refractivity contribution in [1.29, 1.82) is 0 Å². The summed E-state index contributed by atoms with van der Waals surface area (Å²) in [5.74, 6) is -0.633. The fourth-order valence-corrected chi connectivity index (χ4v) is 1.85. The topological polar surface area (TPSA) is 65.0 Å². The van der Waals surface area contributed by atoms with Crippen molar-refractivity contribution in [3.05, 3.63) is 0 Å². The standard InChI is InChI=1S/C10H16O5/c11-5-7-6-14-10(12)9(7)15-8-3-1-2-4-13-8/h7-9,11H,1-6H2/t7-,8?,9-/m0/s1. The number of hydrogen-bond donors (Lipinski definition) is 1. The Kier molecular flexibility index (Phi) is 3.56. The van der Waals surface area contributed by atoms with E-state index in [2.05, 4.69) is 0 Å². The molecule has 0 amide bonds. The molecule has 2 aliphatic rings. The van der Waals surface area contributed by atoms with Crippen LogP contribution in [0.1, 0.15) is 19.3 Å². The molecule has 0 aromatic rings. The van der Waals surface area contributed by atoms with Gasteiger partial charge in [0.05, 0.1) is 19.1 Å². The first kappa shape index (κ1) is 10.9. The van der Waals surface area contributed by atoms with Crippen molar-refractivity contribution in [2.75, 3.05) is 19.8 Å². The second-order valence-electron chi connectivity index (χ2n) is 3.93. The Balaban J connectivity index is 1.88. The number of carbonyl (C=O) groups is 1. The average Bonchev–Trinajstić information content (AvgIpc) is 2.62.